The van der Waals surface area contributed by atoms with Gasteiger partial charge in [-0.05, 0) is 43.0 Å². The molecule has 102 valence electrons. The third kappa shape index (κ3) is 2.58. The van der Waals surface area contributed by atoms with Crippen molar-refractivity contribution in [2.24, 2.45) is 22.2 Å². The first-order valence-electron chi connectivity index (χ1n) is 6.03. The average Bonchev–Trinajstić information content (AvgIpc) is 2.36. The minimum absolute atomic E-state index is 0.0137. The summed E-state index contributed by atoms with van der Waals surface area (Å²) >= 11 is 3.33. The Balaban J connectivity index is 2.15. The monoisotopic (exact) mass is 325 g/mol. The van der Waals surface area contributed by atoms with Crippen molar-refractivity contribution in [2.75, 3.05) is 5.32 Å². The number of nitrogens with two attached hydrogens (primary N) is 1. The lowest BCUT2D eigenvalue weighted by atomic mass is 9.61. The van der Waals surface area contributed by atoms with Gasteiger partial charge in [0.05, 0.1) is 0 Å². The van der Waals surface area contributed by atoms with Crippen LogP contribution in [0, 0.1) is 11.3 Å². The molecule has 0 radical (unpaired) electrons. The molecule has 1 aromatic carbocycles. The molecular formula is C13H16BrN3O2. The zero-order chi connectivity index (χ0) is 14.0. The Kier molecular flexibility index (Phi) is 3.80. The number of amides is 1. The van der Waals surface area contributed by atoms with Crippen LogP contribution in [0.25, 0.3) is 0 Å². The average molecular weight is 326 g/mol. The highest BCUT2D eigenvalue weighted by Gasteiger charge is 2.52. The number of amidine groups is 1. The quantitative estimate of drug-likeness (QED) is 0.345. The Morgan fingerprint density at radius 2 is 2.05 bits per heavy atom. The largest absolute Gasteiger partial charge is 0.409 e. The number of nitrogens with one attached hydrogen (secondary N) is 1. The Morgan fingerprint density at radius 1 is 1.47 bits per heavy atom. The lowest BCUT2D eigenvalue weighted by molar-refractivity contribution is -0.127. The van der Waals surface area contributed by atoms with E-state index in [0.29, 0.717) is 24.4 Å². The number of hydrogen-bond donors (Lipinski definition) is 3. The van der Waals surface area contributed by atoms with E-state index in [-0.39, 0.29) is 11.7 Å². The zero-order valence-corrected chi connectivity index (χ0v) is 12.1. The fourth-order valence-corrected chi connectivity index (χ4v) is 2.78. The van der Waals surface area contributed by atoms with Gasteiger partial charge in [0.2, 0.25) is 5.91 Å². The third-order valence-electron chi connectivity index (χ3n) is 3.53. The van der Waals surface area contributed by atoms with E-state index in [9.17, 15) is 4.79 Å². The molecule has 4 N–H and O–H groups in total. The van der Waals surface area contributed by atoms with Crippen molar-refractivity contribution in [2.45, 2.75) is 19.8 Å². The molecule has 5 nitrogen and oxygen atoms in total. The van der Waals surface area contributed by atoms with Crippen LogP contribution in [-0.4, -0.2) is 17.0 Å². The number of benzene rings is 1. The minimum atomic E-state index is -0.874. The van der Waals surface area contributed by atoms with Gasteiger partial charge in [0.1, 0.15) is 5.41 Å². The van der Waals surface area contributed by atoms with Crippen molar-refractivity contribution in [3.05, 3.63) is 28.7 Å². The maximum Gasteiger partial charge on any atom is 0.238 e. The Morgan fingerprint density at radius 3 is 2.53 bits per heavy atom. The van der Waals surface area contributed by atoms with E-state index in [4.69, 9.17) is 10.9 Å². The molecule has 0 bridgehead atoms. The fraction of sp³-hybridized carbons (Fsp3) is 0.385. The predicted octanol–water partition coefficient (Wildman–Crippen LogP) is 2.55. The molecule has 0 saturated heterocycles. The standard InChI is InChI=1S/C13H16BrN3O2/c1-8-6-13(7-8,11(15)17-19)12(18)16-10-4-2-9(14)3-5-10/h2-5,8,19H,6-7H2,1H3,(H2,15,17)(H,16,18). The van der Waals surface area contributed by atoms with Gasteiger partial charge in [0, 0.05) is 10.2 Å². The van der Waals surface area contributed by atoms with Crippen molar-refractivity contribution >= 4 is 33.4 Å². The predicted molar refractivity (Wildman–Crippen MR) is 77.0 cm³/mol. The van der Waals surface area contributed by atoms with Crippen LogP contribution in [0.1, 0.15) is 19.8 Å². The molecule has 0 atom stereocenters. The summed E-state index contributed by atoms with van der Waals surface area (Å²) in [5.41, 5.74) is 5.50. The number of nitrogens with zero attached hydrogens (tertiary/aromatic N) is 1. The topological polar surface area (TPSA) is 87.7 Å². The number of carbonyl (C=O) groups is 1. The lowest BCUT2D eigenvalue weighted by Crippen LogP contribution is -2.54. The van der Waals surface area contributed by atoms with Crippen LogP contribution in [0.15, 0.2) is 33.9 Å². The van der Waals surface area contributed by atoms with E-state index in [1.54, 1.807) is 12.1 Å². The summed E-state index contributed by atoms with van der Waals surface area (Å²) in [6, 6.07) is 7.28. The van der Waals surface area contributed by atoms with Crippen molar-refractivity contribution in [1.29, 1.82) is 0 Å². The Labute approximate surface area is 120 Å². The molecule has 1 aromatic rings. The number of hydrogen-bond acceptors (Lipinski definition) is 3. The normalized spacial score (nSPS) is 26.6. The van der Waals surface area contributed by atoms with Crippen LogP contribution in [-0.2, 0) is 4.79 Å². The Hall–Kier alpha value is -1.56. The van der Waals surface area contributed by atoms with Crippen LogP contribution in [0.5, 0.6) is 0 Å². The minimum Gasteiger partial charge on any atom is -0.409 e. The summed E-state index contributed by atoms with van der Waals surface area (Å²) < 4.78 is 0.939. The van der Waals surface area contributed by atoms with Crippen LogP contribution >= 0.6 is 15.9 Å². The molecule has 19 heavy (non-hydrogen) atoms. The number of carbonyl (C=O) groups excluding carboxylic acids is 1. The van der Waals surface area contributed by atoms with Crippen molar-refractivity contribution in [1.82, 2.24) is 0 Å². The number of oxime groups is 1. The fourth-order valence-electron chi connectivity index (χ4n) is 2.52. The third-order valence-corrected chi connectivity index (χ3v) is 4.06. The second kappa shape index (κ2) is 5.21. The summed E-state index contributed by atoms with van der Waals surface area (Å²) in [5.74, 6) is 0.166. The molecular weight excluding hydrogens is 310 g/mol. The second-order valence-corrected chi connectivity index (χ2v) is 5.96. The van der Waals surface area contributed by atoms with Gasteiger partial charge >= 0.3 is 0 Å². The first-order valence-corrected chi connectivity index (χ1v) is 6.82. The van der Waals surface area contributed by atoms with Crippen molar-refractivity contribution in [3.8, 4) is 0 Å². The molecule has 1 amide bonds. The summed E-state index contributed by atoms with van der Waals surface area (Å²) in [5, 5.41) is 14.7. The van der Waals surface area contributed by atoms with Gasteiger partial charge in [-0.2, -0.15) is 0 Å². The van der Waals surface area contributed by atoms with Crippen molar-refractivity contribution in [3.63, 3.8) is 0 Å². The number of anilines is 1. The highest BCUT2D eigenvalue weighted by atomic mass is 79.9. The number of rotatable bonds is 3. The van der Waals surface area contributed by atoms with E-state index >= 15 is 0 Å². The van der Waals surface area contributed by atoms with Gasteiger partial charge in [-0.25, -0.2) is 0 Å². The van der Waals surface area contributed by atoms with E-state index < -0.39 is 5.41 Å². The first kappa shape index (κ1) is 13.9. The van der Waals surface area contributed by atoms with Crippen LogP contribution < -0.4 is 11.1 Å². The van der Waals surface area contributed by atoms with Gasteiger partial charge < -0.3 is 16.3 Å². The molecule has 0 aliphatic heterocycles. The highest BCUT2D eigenvalue weighted by molar-refractivity contribution is 9.10. The lowest BCUT2D eigenvalue weighted by Gasteiger charge is -2.43. The van der Waals surface area contributed by atoms with E-state index in [1.807, 2.05) is 19.1 Å². The van der Waals surface area contributed by atoms with Gasteiger partial charge in [-0.15, -0.1) is 0 Å². The molecule has 1 saturated carbocycles. The molecule has 1 fully saturated rings. The zero-order valence-electron chi connectivity index (χ0n) is 10.6. The maximum absolute atomic E-state index is 12.4. The Bertz CT molecular complexity index is 507. The molecule has 1 aliphatic rings. The van der Waals surface area contributed by atoms with Crippen LogP contribution in [0.4, 0.5) is 5.69 Å². The van der Waals surface area contributed by atoms with Crippen LogP contribution in [0.3, 0.4) is 0 Å². The summed E-state index contributed by atoms with van der Waals surface area (Å²) in [4.78, 5) is 12.4. The maximum atomic E-state index is 12.4. The number of halogens is 1. The van der Waals surface area contributed by atoms with Gasteiger partial charge in [0.15, 0.2) is 5.84 Å². The summed E-state index contributed by atoms with van der Waals surface area (Å²) in [6.45, 7) is 2.04. The van der Waals surface area contributed by atoms with Gasteiger partial charge in [-0.1, -0.05) is 28.0 Å². The molecule has 2 rings (SSSR count). The summed E-state index contributed by atoms with van der Waals surface area (Å²) in [6.07, 6.45) is 1.20. The molecule has 0 spiro atoms. The molecule has 6 heteroatoms. The summed E-state index contributed by atoms with van der Waals surface area (Å²) in [7, 11) is 0. The van der Waals surface area contributed by atoms with Gasteiger partial charge in [0.25, 0.3) is 0 Å². The van der Waals surface area contributed by atoms with E-state index in [1.165, 1.54) is 0 Å². The van der Waals surface area contributed by atoms with Gasteiger partial charge in [-0.3, -0.25) is 4.79 Å². The van der Waals surface area contributed by atoms with E-state index in [2.05, 4.69) is 26.4 Å². The van der Waals surface area contributed by atoms with Crippen molar-refractivity contribution < 1.29 is 10.0 Å². The molecule has 0 aromatic heterocycles. The first-order chi connectivity index (χ1) is 8.98. The molecule has 1 aliphatic carbocycles. The second-order valence-electron chi connectivity index (χ2n) is 5.04. The van der Waals surface area contributed by atoms with Crippen LogP contribution in [0.2, 0.25) is 0 Å². The van der Waals surface area contributed by atoms with E-state index in [0.717, 1.165) is 4.47 Å². The molecule has 0 unspecified atom stereocenters. The smallest absolute Gasteiger partial charge is 0.238 e. The SMILES string of the molecule is CC1CC(C(=O)Nc2ccc(Br)cc2)(/C(N)=N/O)C1. The highest BCUT2D eigenvalue weighted by Crippen LogP contribution is 2.46. The molecule has 0 heterocycles.